The molecule has 35 heavy (non-hydrogen) atoms. The van der Waals surface area contributed by atoms with E-state index in [-0.39, 0.29) is 5.56 Å². The van der Waals surface area contributed by atoms with Crippen molar-refractivity contribution in [2.75, 3.05) is 0 Å². The molecule has 176 valence electrons. The van der Waals surface area contributed by atoms with E-state index in [2.05, 4.69) is 0 Å². The molecule has 3 aromatic carbocycles. The van der Waals surface area contributed by atoms with E-state index in [0.717, 1.165) is 20.9 Å². The highest BCUT2D eigenvalue weighted by molar-refractivity contribution is 5.94. The first-order valence-corrected chi connectivity index (χ1v) is 11.4. The van der Waals surface area contributed by atoms with Gasteiger partial charge in [0, 0.05) is 19.2 Å². The van der Waals surface area contributed by atoms with Crippen molar-refractivity contribution >= 4 is 27.8 Å². The molecule has 0 bridgehead atoms. The Kier molecular flexibility index (Phi) is 5.56. The highest BCUT2D eigenvalue weighted by atomic mass is 16.4. The monoisotopic (exact) mass is 468 g/mol. The summed E-state index contributed by atoms with van der Waals surface area (Å²) in [6.45, 7) is 2.70. The number of nitrogens with zero attached hydrogens (tertiary/aromatic N) is 4. The van der Waals surface area contributed by atoms with Gasteiger partial charge in [-0.3, -0.25) is 18.6 Å². The maximum atomic E-state index is 13.4. The minimum atomic E-state index is -1.06. The standard InChI is InChI=1S/C27H24N4O4/c1-3-14-30-24-22(25(32)29(2)27(30)35)23(18-10-7-11-19(15-18)26(33)34)31(28-24)16-20-12-6-9-17-8-4-5-13-21(17)20/h4-13,15H,3,14,16H2,1-2H3,(H,33,34). The smallest absolute Gasteiger partial charge is 0.335 e. The second-order valence-electron chi connectivity index (χ2n) is 8.53. The number of fused-ring (bicyclic) bond motifs is 2. The molecule has 0 amide bonds. The number of aromatic nitrogens is 4. The van der Waals surface area contributed by atoms with E-state index in [1.54, 1.807) is 16.8 Å². The van der Waals surface area contributed by atoms with Gasteiger partial charge < -0.3 is 5.11 Å². The molecule has 0 saturated carbocycles. The molecule has 0 spiro atoms. The van der Waals surface area contributed by atoms with Crippen LogP contribution in [0, 0.1) is 0 Å². The highest BCUT2D eigenvalue weighted by Gasteiger charge is 2.23. The second-order valence-corrected chi connectivity index (χ2v) is 8.53. The summed E-state index contributed by atoms with van der Waals surface area (Å²) in [7, 11) is 1.45. The van der Waals surface area contributed by atoms with Gasteiger partial charge in [-0.2, -0.15) is 5.10 Å². The van der Waals surface area contributed by atoms with Crippen LogP contribution in [0.15, 0.2) is 76.3 Å². The Morgan fingerprint density at radius 1 is 1.00 bits per heavy atom. The minimum absolute atomic E-state index is 0.104. The zero-order valence-electron chi connectivity index (χ0n) is 19.4. The largest absolute Gasteiger partial charge is 0.478 e. The number of carboxylic acids is 1. The molecule has 8 nitrogen and oxygen atoms in total. The van der Waals surface area contributed by atoms with Crippen LogP contribution < -0.4 is 11.2 Å². The van der Waals surface area contributed by atoms with Gasteiger partial charge in [0.25, 0.3) is 5.56 Å². The summed E-state index contributed by atoms with van der Waals surface area (Å²) < 4.78 is 4.31. The Hall–Kier alpha value is -4.46. The molecule has 0 aliphatic heterocycles. The first-order valence-electron chi connectivity index (χ1n) is 11.4. The molecule has 0 saturated heterocycles. The zero-order chi connectivity index (χ0) is 24.7. The van der Waals surface area contributed by atoms with Gasteiger partial charge >= 0.3 is 11.7 Å². The number of aryl methyl sites for hydroxylation is 1. The fourth-order valence-corrected chi connectivity index (χ4v) is 4.59. The van der Waals surface area contributed by atoms with E-state index < -0.39 is 17.2 Å². The number of hydrogen-bond acceptors (Lipinski definition) is 4. The zero-order valence-corrected chi connectivity index (χ0v) is 19.4. The van der Waals surface area contributed by atoms with E-state index in [1.807, 2.05) is 49.4 Å². The van der Waals surface area contributed by atoms with Crippen LogP contribution >= 0.6 is 0 Å². The van der Waals surface area contributed by atoms with Crippen molar-refractivity contribution in [3.8, 4) is 11.3 Å². The molecule has 0 aliphatic carbocycles. The lowest BCUT2D eigenvalue weighted by Crippen LogP contribution is -2.38. The van der Waals surface area contributed by atoms with Crippen LogP contribution in [-0.2, 0) is 20.1 Å². The maximum absolute atomic E-state index is 13.4. The van der Waals surface area contributed by atoms with E-state index in [0.29, 0.717) is 41.8 Å². The molecular formula is C27H24N4O4. The third-order valence-electron chi connectivity index (χ3n) is 6.26. The quantitative estimate of drug-likeness (QED) is 0.408. The SMILES string of the molecule is CCCn1c(=O)n(C)c(=O)c2c(-c3cccc(C(=O)O)c3)n(Cc3cccc4ccccc34)nc21. The average Bonchev–Trinajstić information content (AvgIpc) is 3.24. The van der Waals surface area contributed by atoms with E-state index in [9.17, 15) is 19.5 Å². The van der Waals surface area contributed by atoms with Gasteiger partial charge in [-0.25, -0.2) is 9.59 Å². The Morgan fingerprint density at radius 2 is 1.74 bits per heavy atom. The summed E-state index contributed by atoms with van der Waals surface area (Å²) in [6.07, 6.45) is 0.688. The van der Waals surface area contributed by atoms with Crippen molar-refractivity contribution in [2.45, 2.75) is 26.4 Å². The fraction of sp³-hybridized carbons (Fsp3) is 0.185. The first-order chi connectivity index (χ1) is 16.9. The van der Waals surface area contributed by atoms with Crippen LogP contribution in [0.25, 0.3) is 33.1 Å². The van der Waals surface area contributed by atoms with Crippen molar-refractivity contribution in [1.82, 2.24) is 18.9 Å². The number of carbonyl (C=O) groups is 1. The minimum Gasteiger partial charge on any atom is -0.478 e. The summed E-state index contributed by atoms with van der Waals surface area (Å²) in [6, 6.07) is 20.5. The third kappa shape index (κ3) is 3.73. The summed E-state index contributed by atoms with van der Waals surface area (Å²) in [5, 5.41) is 16.8. The maximum Gasteiger partial charge on any atom is 0.335 e. The Morgan fingerprint density at radius 3 is 2.51 bits per heavy atom. The predicted octanol–water partition coefficient (Wildman–Crippen LogP) is 3.87. The lowest BCUT2D eigenvalue weighted by atomic mass is 10.0. The van der Waals surface area contributed by atoms with Crippen molar-refractivity contribution in [3.05, 3.63) is 98.7 Å². The van der Waals surface area contributed by atoms with E-state index in [4.69, 9.17) is 5.10 Å². The van der Waals surface area contributed by atoms with Crippen LogP contribution in [0.3, 0.4) is 0 Å². The number of benzene rings is 3. The van der Waals surface area contributed by atoms with Crippen LogP contribution in [0.1, 0.15) is 29.3 Å². The van der Waals surface area contributed by atoms with Gasteiger partial charge in [-0.15, -0.1) is 0 Å². The number of carboxylic acid groups (broad SMARTS) is 1. The summed E-state index contributed by atoms with van der Waals surface area (Å²) in [5.41, 5.74) is 1.55. The number of rotatable bonds is 6. The number of aromatic carboxylic acids is 1. The van der Waals surface area contributed by atoms with E-state index >= 15 is 0 Å². The molecule has 2 heterocycles. The van der Waals surface area contributed by atoms with Crippen LogP contribution in [-0.4, -0.2) is 30.0 Å². The average molecular weight is 469 g/mol. The molecule has 0 unspecified atom stereocenters. The lowest BCUT2D eigenvalue weighted by molar-refractivity contribution is 0.0697. The van der Waals surface area contributed by atoms with Crippen molar-refractivity contribution < 1.29 is 9.90 Å². The molecule has 2 aromatic heterocycles. The molecule has 1 N–H and O–H groups in total. The van der Waals surface area contributed by atoms with Gasteiger partial charge in [0.05, 0.1) is 17.8 Å². The Bertz CT molecular complexity index is 1720. The van der Waals surface area contributed by atoms with Crippen LogP contribution in [0.5, 0.6) is 0 Å². The molecule has 0 atom stereocenters. The molecule has 5 rings (SSSR count). The molecule has 5 aromatic rings. The van der Waals surface area contributed by atoms with E-state index in [1.165, 1.54) is 23.7 Å². The van der Waals surface area contributed by atoms with Crippen molar-refractivity contribution in [2.24, 2.45) is 7.05 Å². The highest BCUT2D eigenvalue weighted by Crippen LogP contribution is 2.29. The van der Waals surface area contributed by atoms with Gasteiger partial charge in [0.1, 0.15) is 5.39 Å². The normalized spacial score (nSPS) is 11.4. The number of hydrogen-bond donors (Lipinski definition) is 1. The Balaban J connectivity index is 1.86. The summed E-state index contributed by atoms with van der Waals surface area (Å²) >= 11 is 0. The van der Waals surface area contributed by atoms with Crippen LogP contribution in [0.4, 0.5) is 0 Å². The fourth-order valence-electron chi connectivity index (χ4n) is 4.59. The molecule has 8 heteroatoms. The lowest BCUT2D eigenvalue weighted by Gasteiger charge is -2.11. The summed E-state index contributed by atoms with van der Waals surface area (Å²) in [4.78, 5) is 38.0. The van der Waals surface area contributed by atoms with Gasteiger partial charge in [-0.05, 0) is 34.9 Å². The topological polar surface area (TPSA) is 99.1 Å². The molecule has 0 aliphatic rings. The van der Waals surface area contributed by atoms with Crippen LogP contribution in [0.2, 0.25) is 0 Å². The van der Waals surface area contributed by atoms with Gasteiger partial charge in [-0.1, -0.05) is 61.5 Å². The molecule has 0 radical (unpaired) electrons. The second kappa shape index (κ2) is 8.72. The summed E-state index contributed by atoms with van der Waals surface area (Å²) in [5.74, 6) is -1.06. The molecular weight excluding hydrogens is 444 g/mol. The van der Waals surface area contributed by atoms with Gasteiger partial charge in [0.2, 0.25) is 0 Å². The predicted molar refractivity (Wildman–Crippen MR) is 135 cm³/mol. The molecule has 0 fully saturated rings. The first kappa shape index (κ1) is 22.3. The third-order valence-corrected chi connectivity index (χ3v) is 6.26. The van der Waals surface area contributed by atoms with Crippen molar-refractivity contribution in [3.63, 3.8) is 0 Å². The van der Waals surface area contributed by atoms with Crippen molar-refractivity contribution in [1.29, 1.82) is 0 Å². The Labute approximate surface area is 200 Å². The van der Waals surface area contributed by atoms with Gasteiger partial charge in [0.15, 0.2) is 5.65 Å².